The molecule has 21 heavy (non-hydrogen) atoms. The Kier molecular flexibility index (Phi) is 6.07. The van der Waals surface area contributed by atoms with Crippen molar-refractivity contribution < 1.29 is 9.53 Å². The van der Waals surface area contributed by atoms with E-state index in [0.29, 0.717) is 29.5 Å². The number of piperidine rings is 1. The van der Waals surface area contributed by atoms with Crippen molar-refractivity contribution in [2.75, 3.05) is 26.2 Å². The van der Waals surface area contributed by atoms with E-state index < -0.39 is 0 Å². The van der Waals surface area contributed by atoms with Gasteiger partial charge in [0.25, 0.3) is 0 Å². The molecular formula is C17H24ClNO2. The van der Waals surface area contributed by atoms with Crippen LogP contribution in [-0.2, 0) is 0 Å². The molecule has 3 nitrogen and oxygen atoms in total. The van der Waals surface area contributed by atoms with Crippen molar-refractivity contribution in [1.82, 2.24) is 4.90 Å². The summed E-state index contributed by atoms with van der Waals surface area (Å²) in [5, 5.41) is 0.515. The molecule has 0 N–H and O–H groups in total. The summed E-state index contributed by atoms with van der Waals surface area (Å²) in [4.78, 5) is 14.6. The summed E-state index contributed by atoms with van der Waals surface area (Å²) in [5.41, 5.74) is 0.669. The summed E-state index contributed by atoms with van der Waals surface area (Å²) < 4.78 is 5.53. The van der Waals surface area contributed by atoms with E-state index in [9.17, 15) is 4.79 Å². The lowest BCUT2D eigenvalue weighted by molar-refractivity contribution is 0.0900. The molecule has 1 fully saturated rings. The van der Waals surface area contributed by atoms with Gasteiger partial charge in [0.2, 0.25) is 0 Å². The molecule has 1 saturated heterocycles. The number of benzene rings is 1. The fourth-order valence-electron chi connectivity index (χ4n) is 2.52. The maximum atomic E-state index is 12.3. The zero-order valence-electron chi connectivity index (χ0n) is 12.9. The van der Waals surface area contributed by atoms with E-state index in [1.54, 1.807) is 12.1 Å². The van der Waals surface area contributed by atoms with Gasteiger partial charge in [0.05, 0.1) is 18.2 Å². The fourth-order valence-corrected chi connectivity index (χ4v) is 2.75. The monoisotopic (exact) mass is 309 g/mol. The number of Topliss-reactive ketones (excluding diaryl/α,β-unsaturated/α-hetero) is 1. The largest absolute Gasteiger partial charge is 0.492 e. The first kappa shape index (κ1) is 16.3. The predicted molar refractivity (Wildman–Crippen MR) is 86.4 cm³/mol. The Morgan fingerprint density at radius 1 is 1.38 bits per heavy atom. The molecular weight excluding hydrogens is 286 g/mol. The molecule has 0 amide bonds. The van der Waals surface area contributed by atoms with Crippen LogP contribution in [-0.4, -0.2) is 36.9 Å². The number of ether oxygens (including phenoxy) is 1. The average Bonchev–Trinajstić information content (AvgIpc) is 2.48. The quantitative estimate of drug-likeness (QED) is 0.743. The van der Waals surface area contributed by atoms with E-state index in [2.05, 4.69) is 11.8 Å². The number of halogens is 1. The molecule has 116 valence electrons. The van der Waals surface area contributed by atoms with Crippen molar-refractivity contribution in [2.45, 2.75) is 33.1 Å². The number of carbonyl (C=O) groups is 1. The molecule has 0 radical (unpaired) electrons. The number of ketones is 1. The molecule has 1 aromatic rings. The van der Waals surface area contributed by atoms with Crippen molar-refractivity contribution in [3.8, 4) is 5.75 Å². The summed E-state index contributed by atoms with van der Waals surface area (Å²) in [7, 11) is 0. The lowest BCUT2D eigenvalue weighted by Crippen LogP contribution is -2.36. The second-order valence-corrected chi connectivity index (χ2v) is 6.28. The highest BCUT2D eigenvalue weighted by atomic mass is 35.5. The molecule has 1 aliphatic heterocycles. The van der Waals surface area contributed by atoms with Gasteiger partial charge in [0, 0.05) is 5.56 Å². The molecule has 0 spiro atoms. The molecule has 2 rings (SSSR count). The van der Waals surface area contributed by atoms with Crippen molar-refractivity contribution in [3.63, 3.8) is 0 Å². The number of rotatable bonds is 6. The van der Waals surface area contributed by atoms with E-state index in [1.807, 2.05) is 13.0 Å². The van der Waals surface area contributed by atoms with Crippen LogP contribution in [0.3, 0.4) is 0 Å². The molecule has 0 saturated carbocycles. The fraction of sp³-hybridized carbons (Fsp3) is 0.588. The molecule has 0 atom stereocenters. The van der Waals surface area contributed by atoms with Crippen LogP contribution in [0.5, 0.6) is 5.75 Å². The molecule has 1 aliphatic rings. The zero-order chi connectivity index (χ0) is 15.2. The molecule has 4 heteroatoms. The molecule has 1 heterocycles. The highest BCUT2D eigenvalue weighted by Gasteiger charge is 2.19. The van der Waals surface area contributed by atoms with E-state index in [-0.39, 0.29) is 5.78 Å². The van der Waals surface area contributed by atoms with Crippen molar-refractivity contribution in [3.05, 3.63) is 28.8 Å². The van der Waals surface area contributed by atoms with Crippen LogP contribution in [0.1, 0.15) is 43.5 Å². The van der Waals surface area contributed by atoms with Crippen LogP contribution >= 0.6 is 11.6 Å². The van der Waals surface area contributed by atoms with Gasteiger partial charge in [-0.05, 0) is 56.5 Å². The Morgan fingerprint density at radius 3 is 2.71 bits per heavy atom. The molecule has 0 aliphatic carbocycles. The number of hydrogen-bond donors (Lipinski definition) is 0. The van der Waals surface area contributed by atoms with Gasteiger partial charge in [-0.2, -0.15) is 0 Å². The lowest BCUT2D eigenvalue weighted by atomic mass is 9.99. The van der Waals surface area contributed by atoms with Gasteiger partial charge in [-0.25, -0.2) is 0 Å². The first-order valence-electron chi connectivity index (χ1n) is 7.78. The summed E-state index contributed by atoms with van der Waals surface area (Å²) in [5.74, 6) is 1.57. The minimum absolute atomic E-state index is 0.133. The van der Waals surface area contributed by atoms with E-state index in [0.717, 1.165) is 25.4 Å². The summed E-state index contributed by atoms with van der Waals surface area (Å²) in [6.45, 7) is 7.47. The standard InChI is InChI=1S/C17H24ClNO2/c1-3-10-21-17-5-4-14(11-15(17)18)16(20)12-19-8-6-13(2)7-9-19/h4-5,11,13H,3,6-10,12H2,1-2H3. The molecule has 1 aromatic carbocycles. The number of carbonyl (C=O) groups excluding carboxylic acids is 1. The third kappa shape index (κ3) is 4.72. The van der Waals surface area contributed by atoms with E-state index in [1.165, 1.54) is 12.8 Å². The minimum atomic E-state index is 0.133. The van der Waals surface area contributed by atoms with Crippen LogP contribution < -0.4 is 4.74 Å². The summed E-state index contributed by atoms with van der Waals surface area (Å²) in [6, 6.07) is 5.33. The molecule has 0 bridgehead atoms. The summed E-state index contributed by atoms with van der Waals surface area (Å²) >= 11 is 6.18. The van der Waals surface area contributed by atoms with E-state index in [4.69, 9.17) is 16.3 Å². The number of nitrogens with zero attached hydrogens (tertiary/aromatic N) is 1. The van der Waals surface area contributed by atoms with Gasteiger partial charge in [0.1, 0.15) is 5.75 Å². The lowest BCUT2D eigenvalue weighted by Gasteiger charge is -2.29. The Bertz CT molecular complexity index is 482. The smallest absolute Gasteiger partial charge is 0.176 e. The molecule has 0 unspecified atom stereocenters. The van der Waals surface area contributed by atoms with Gasteiger partial charge >= 0.3 is 0 Å². The van der Waals surface area contributed by atoms with Gasteiger partial charge in [0.15, 0.2) is 5.78 Å². The first-order chi connectivity index (χ1) is 10.1. The topological polar surface area (TPSA) is 29.5 Å². The van der Waals surface area contributed by atoms with E-state index >= 15 is 0 Å². The van der Waals surface area contributed by atoms with Gasteiger partial charge < -0.3 is 4.74 Å². The highest BCUT2D eigenvalue weighted by Crippen LogP contribution is 2.26. The molecule has 0 aromatic heterocycles. The second-order valence-electron chi connectivity index (χ2n) is 5.88. The van der Waals surface area contributed by atoms with Gasteiger partial charge in [-0.3, -0.25) is 9.69 Å². The van der Waals surface area contributed by atoms with Gasteiger partial charge in [-0.1, -0.05) is 25.4 Å². The Labute approximate surface area is 132 Å². The van der Waals surface area contributed by atoms with Crippen LogP contribution in [0, 0.1) is 5.92 Å². The second kappa shape index (κ2) is 7.81. The van der Waals surface area contributed by atoms with Crippen LogP contribution in [0.4, 0.5) is 0 Å². The van der Waals surface area contributed by atoms with Crippen molar-refractivity contribution in [2.24, 2.45) is 5.92 Å². The van der Waals surface area contributed by atoms with Crippen LogP contribution in [0.15, 0.2) is 18.2 Å². The third-order valence-electron chi connectivity index (χ3n) is 3.96. The van der Waals surface area contributed by atoms with Crippen molar-refractivity contribution >= 4 is 17.4 Å². The Morgan fingerprint density at radius 2 is 2.10 bits per heavy atom. The summed E-state index contributed by atoms with van der Waals surface area (Å²) in [6.07, 6.45) is 3.29. The van der Waals surface area contributed by atoms with Crippen LogP contribution in [0.25, 0.3) is 0 Å². The normalized spacial score (nSPS) is 16.9. The zero-order valence-corrected chi connectivity index (χ0v) is 13.7. The maximum Gasteiger partial charge on any atom is 0.176 e. The number of likely N-dealkylation sites (tertiary alicyclic amines) is 1. The van der Waals surface area contributed by atoms with Crippen LogP contribution in [0.2, 0.25) is 5.02 Å². The Balaban J connectivity index is 1.94. The SMILES string of the molecule is CCCOc1ccc(C(=O)CN2CCC(C)CC2)cc1Cl. The van der Waals surface area contributed by atoms with Gasteiger partial charge in [-0.15, -0.1) is 0 Å². The Hall–Kier alpha value is -1.06. The first-order valence-corrected chi connectivity index (χ1v) is 8.16. The van der Waals surface area contributed by atoms with Crippen molar-refractivity contribution in [1.29, 1.82) is 0 Å². The minimum Gasteiger partial charge on any atom is -0.492 e. The predicted octanol–water partition coefficient (Wildman–Crippen LogP) is 4.04. The maximum absolute atomic E-state index is 12.3. The highest BCUT2D eigenvalue weighted by molar-refractivity contribution is 6.32. The average molecular weight is 310 g/mol. The number of hydrogen-bond acceptors (Lipinski definition) is 3. The third-order valence-corrected chi connectivity index (χ3v) is 4.25.